The van der Waals surface area contributed by atoms with Crippen LogP contribution in [0, 0.1) is 0 Å². The predicted molar refractivity (Wildman–Crippen MR) is 54.0 cm³/mol. The molecule has 1 rings (SSSR count). The molecule has 0 aliphatic heterocycles. The molecule has 0 fully saturated rings. The second-order valence-corrected chi connectivity index (χ2v) is 4.53. The maximum absolute atomic E-state index is 9.48. The van der Waals surface area contributed by atoms with Gasteiger partial charge >= 0.3 is 0 Å². The summed E-state index contributed by atoms with van der Waals surface area (Å²) in [6.07, 6.45) is -0.844. The molecule has 0 saturated heterocycles. The number of hydrogen-bond donors (Lipinski definition) is 2. The molecule has 1 atom stereocenters. The van der Waals surface area contributed by atoms with Crippen molar-refractivity contribution in [3.63, 3.8) is 0 Å². The van der Waals surface area contributed by atoms with E-state index in [1.807, 2.05) is 6.07 Å². The van der Waals surface area contributed by atoms with Crippen LogP contribution in [0.5, 0.6) is 0 Å². The lowest BCUT2D eigenvalue weighted by atomic mass is 9.92. The molecule has 4 nitrogen and oxygen atoms in total. The zero-order valence-electron chi connectivity index (χ0n) is 9.15. The quantitative estimate of drug-likeness (QED) is 0.737. The van der Waals surface area contributed by atoms with E-state index in [-0.39, 0.29) is 12.0 Å². The number of aromatic nitrogens is 2. The van der Waals surface area contributed by atoms with E-state index in [4.69, 9.17) is 5.11 Å². The fourth-order valence-electron chi connectivity index (χ4n) is 1.25. The Morgan fingerprint density at radius 2 is 2.07 bits per heavy atom. The molecule has 4 heteroatoms. The number of aryl methyl sites for hydroxylation is 1. The molecule has 0 bridgehead atoms. The van der Waals surface area contributed by atoms with E-state index in [2.05, 4.69) is 25.9 Å². The summed E-state index contributed by atoms with van der Waals surface area (Å²) in [7, 11) is 1.77. The van der Waals surface area contributed by atoms with E-state index >= 15 is 0 Å². The minimum absolute atomic E-state index is 0.0365. The van der Waals surface area contributed by atoms with E-state index in [1.165, 1.54) is 0 Å². The van der Waals surface area contributed by atoms with E-state index in [0.717, 1.165) is 5.69 Å². The smallest absolute Gasteiger partial charge is 0.119 e. The standard InChI is InChI=1S/C10H18N2O2/c1-10(2,3)9-5-7(8(14)6-13)12(4)11-9/h5,8,13-14H,6H2,1-4H3. The van der Waals surface area contributed by atoms with Crippen molar-refractivity contribution in [3.05, 3.63) is 17.5 Å². The van der Waals surface area contributed by atoms with E-state index in [1.54, 1.807) is 11.7 Å². The largest absolute Gasteiger partial charge is 0.393 e. The van der Waals surface area contributed by atoms with Gasteiger partial charge < -0.3 is 10.2 Å². The van der Waals surface area contributed by atoms with Crippen molar-refractivity contribution in [2.45, 2.75) is 32.3 Å². The number of nitrogens with zero attached hydrogens (tertiary/aromatic N) is 2. The Bertz CT molecular complexity index is 312. The number of aliphatic hydroxyl groups excluding tert-OH is 2. The van der Waals surface area contributed by atoms with Gasteiger partial charge in [-0.15, -0.1) is 0 Å². The molecule has 0 aromatic carbocycles. The molecule has 0 radical (unpaired) electrons. The van der Waals surface area contributed by atoms with Crippen LogP contribution in [0.2, 0.25) is 0 Å². The summed E-state index contributed by atoms with van der Waals surface area (Å²) in [6.45, 7) is 5.91. The van der Waals surface area contributed by atoms with Crippen LogP contribution in [-0.2, 0) is 12.5 Å². The maximum Gasteiger partial charge on any atom is 0.119 e. The van der Waals surface area contributed by atoms with Crippen molar-refractivity contribution < 1.29 is 10.2 Å². The zero-order valence-corrected chi connectivity index (χ0v) is 9.15. The Morgan fingerprint density at radius 1 is 1.50 bits per heavy atom. The summed E-state index contributed by atoms with van der Waals surface area (Å²) in [5.41, 5.74) is 1.53. The Balaban J connectivity index is 3.05. The van der Waals surface area contributed by atoms with Crippen molar-refractivity contribution in [1.29, 1.82) is 0 Å². The lowest BCUT2D eigenvalue weighted by Gasteiger charge is -2.13. The molecule has 1 aromatic heterocycles. The first-order chi connectivity index (χ1) is 6.36. The van der Waals surface area contributed by atoms with Gasteiger partial charge in [0.25, 0.3) is 0 Å². The zero-order chi connectivity index (χ0) is 10.9. The van der Waals surface area contributed by atoms with Gasteiger partial charge in [0.15, 0.2) is 0 Å². The van der Waals surface area contributed by atoms with Gasteiger partial charge in [-0.1, -0.05) is 20.8 Å². The summed E-state index contributed by atoms with van der Waals surface area (Å²) in [4.78, 5) is 0. The van der Waals surface area contributed by atoms with Gasteiger partial charge in [0, 0.05) is 12.5 Å². The summed E-state index contributed by atoms with van der Waals surface area (Å²) < 4.78 is 1.61. The van der Waals surface area contributed by atoms with Crippen molar-refractivity contribution in [2.24, 2.45) is 7.05 Å². The van der Waals surface area contributed by atoms with Crippen LogP contribution in [0.3, 0.4) is 0 Å². The third-order valence-corrected chi connectivity index (χ3v) is 2.20. The highest BCUT2D eigenvalue weighted by Gasteiger charge is 2.21. The Hall–Kier alpha value is -0.870. The van der Waals surface area contributed by atoms with Crippen LogP contribution in [0.25, 0.3) is 0 Å². The third-order valence-electron chi connectivity index (χ3n) is 2.20. The number of rotatable bonds is 2. The van der Waals surface area contributed by atoms with Crippen molar-refractivity contribution in [3.8, 4) is 0 Å². The molecule has 14 heavy (non-hydrogen) atoms. The Kier molecular flexibility index (Phi) is 2.97. The molecule has 0 aliphatic rings. The van der Waals surface area contributed by atoms with Crippen molar-refractivity contribution in [2.75, 3.05) is 6.61 Å². The second kappa shape index (κ2) is 3.71. The van der Waals surface area contributed by atoms with Crippen LogP contribution in [0.1, 0.15) is 38.3 Å². The van der Waals surface area contributed by atoms with E-state index in [0.29, 0.717) is 5.69 Å². The third kappa shape index (κ3) is 2.13. The first-order valence-corrected chi connectivity index (χ1v) is 4.69. The van der Waals surface area contributed by atoms with E-state index in [9.17, 15) is 5.11 Å². The van der Waals surface area contributed by atoms with Gasteiger partial charge in [-0.05, 0) is 6.07 Å². The fraction of sp³-hybridized carbons (Fsp3) is 0.700. The number of aliphatic hydroxyl groups is 2. The molecule has 0 saturated carbocycles. The summed E-state index contributed by atoms with van der Waals surface area (Å²) in [5, 5.41) is 22.6. The van der Waals surface area contributed by atoms with Gasteiger partial charge in [0.05, 0.1) is 18.0 Å². The molecule has 0 spiro atoms. The Morgan fingerprint density at radius 3 is 2.43 bits per heavy atom. The first kappa shape index (κ1) is 11.2. The SMILES string of the molecule is Cn1nc(C(C)(C)C)cc1C(O)CO. The average molecular weight is 198 g/mol. The van der Waals surface area contributed by atoms with Crippen LogP contribution >= 0.6 is 0 Å². The lowest BCUT2D eigenvalue weighted by Crippen LogP contribution is -2.12. The van der Waals surface area contributed by atoms with Crippen molar-refractivity contribution in [1.82, 2.24) is 9.78 Å². The molecule has 1 heterocycles. The highest BCUT2D eigenvalue weighted by molar-refractivity contribution is 5.19. The van der Waals surface area contributed by atoms with Crippen molar-refractivity contribution >= 4 is 0 Å². The summed E-state index contributed by atoms with van der Waals surface area (Å²) in [5.74, 6) is 0. The van der Waals surface area contributed by atoms with Gasteiger partial charge in [-0.2, -0.15) is 5.10 Å². The normalized spacial score (nSPS) is 14.4. The molecule has 80 valence electrons. The minimum atomic E-state index is -0.844. The van der Waals surface area contributed by atoms with Crippen LogP contribution < -0.4 is 0 Å². The van der Waals surface area contributed by atoms with Gasteiger partial charge in [0.2, 0.25) is 0 Å². The van der Waals surface area contributed by atoms with E-state index < -0.39 is 6.10 Å². The first-order valence-electron chi connectivity index (χ1n) is 4.69. The molecular formula is C10H18N2O2. The average Bonchev–Trinajstić information content (AvgIpc) is 2.45. The van der Waals surface area contributed by atoms with Crippen LogP contribution in [0.4, 0.5) is 0 Å². The fourth-order valence-corrected chi connectivity index (χ4v) is 1.25. The molecule has 0 aliphatic carbocycles. The summed E-state index contributed by atoms with van der Waals surface area (Å²) >= 11 is 0. The van der Waals surface area contributed by atoms with Gasteiger partial charge in [0.1, 0.15) is 6.10 Å². The highest BCUT2D eigenvalue weighted by atomic mass is 16.3. The van der Waals surface area contributed by atoms with Gasteiger partial charge in [-0.3, -0.25) is 4.68 Å². The minimum Gasteiger partial charge on any atom is -0.393 e. The molecule has 2 N–H and O–H groups in total. The predicted octanol–water partition coefficient (Wildman–Crippen LogP) is 0.743. The van der Waals surface area contributed by atoms with Gasteiger partial charge in [-0.25, -0.2) is 0 Å². The lowest BCUT2D eigenvalue weighted by molar-refractivity contribution is 0.0891. The number of hydrogen-bond acceptors (Lipinski definition) is 3. The maximum atomic E-state index is 9.48. The van der Waals surface area contributed by atoms with Crippen LogP contribution in [0.15, 0.2) is 6.07 Å². The molecule has 1 unspecified atom stereocenters. The molecule has 1 aromatic rings. The highest BCUT2D eigenvalue weighted by Crippen LogP contribution is 2.23. The topological polar surface area (TPSA) is 58.3 Å². The Labute approximate surface area is 84.2 Å². The summed E-state index contributed by atoms with van der Waals surface area (Å²) in [6, 6.07) is 1.83. The molecular weight excluding hydrogens is 180 g/mol. The monoisotopic (exact) mass is 198 g/mol. The molecule has 0 amide bonds. The second-order valence-electron chi connectivity index (χ2n) is 4.53. The van der Waals surface area contributed by atoms with Crippen LogP contribution in [-0.4, -0.2) is 26.6 Å².